The van der Waals surface area contributed by atoms with Gasteiger partial charge in [-0.2, -0.15) is 0 Å². The fourth-order valence-electron chi connectivity index (χ4n) is 5.10. The molecule has 0 amide bonds. The number of rotatable bonds is 6. The van der Waals surface area contributed by atoms with E-state index in [4.69, 9.17) is 42.1 Å². The van der Waals surface area contributed by atoms with E-state index in [9.17, 15) is 14.9 Å². The van der Waals surface area contributed by atoms with Crippen LogP contribution in [0.4, 0.5) is 5.69 Å². The van der Waals surface area contributed by atoms with Gasteiger partial charge in [-0.3, -0.25) is 10.1 Å². The van der Waals surface area contributed by atoms with Crippen molar-refractivity contribution in [2.75, 3.05) is 0 Å². The van der Waals surface area contributed by atoms with E-state index in [1.807, 2.05) is 0 Å². The maximum atomic E-state index is 13.3. The zero-order valence-electron chi connectivity index (χ0n) is 21.1. The molecule has 0 N–H and O–H groups in total. The van der Waals surface area contributed by atoms with Crippen molar-refractivity contribution in [3.8, 4) is 0 Å². The number of aromatic nitrogens is 3. The van der Waals surface area contributed by atoms with Gasteiger partial charge in [-0.15, -0.1) is 0 Å². The monoisotopic (exact) mass is 584 g/mol. The Kier molecular flexibility index (Phi) is 6.71. The van der Waals surface area contributed by atoms with E-state index >= 15 is 0 Å². The largest absolute Gasteiger partial charge is 0.451 e. The predicted octanol–water partition coefficient (Wildman–Crippen LogP) is 5.66. The minimum Gasteiger partial charge on any atom is -0.451 e. The lowest BCUT2D eigenvalue weighted by molar-refractivity contribution is -0.384. The third-order valence-electron chi connectivity index (χ3n) is 6.84. The van der Waals surface area contributed by atoms with Crippen LogP contribution >= 0.6 is 23.2 Å². The number of nitrogens with zero attached hydrogens (tertiary/aromatic N) is 4. The van der Waals surface area contributed by atoms with Crippen molar-refractivity contribution in [2.24, 2.45) is 0 Å². The van der Waals surface area contributed by atoms with Crippen molar-refractivity contribution >= 4 is 45.9 Å². The van der Waals surface area contributed by atoms with E-state index in [1.165, 1.54) is 30.6 Å². The molecule has 206 valence electrons. The highest BCUT2D eigenvalue weighted by Crippen LogP contribution is 2.48. The molecule has 6 rings (SSSR count). The van der Waals surface area contributed by atoms with Crippen molar-refractivity contribution in [1.29, 1.82) is 0 Å². The molecule has 0 radical (unpaired) electrons. The first-order chi connectivity index (χ1) is 19.1. The molecule has 0 aliphatic carbocycles. The Hall–Kier alpha value is -3.61. The van der Waals surface area contributed by atoms with Crippen LogP contribution in [0.3, 0.4) is 0 Å². The molecule has 40 heavy (non-hydrogen) atoms. The topological polar surface area (TPSA) is 128 Å². The quantitative estimate of drug-likeness (QED) is 0.122. The molecule has 2 saturated heterocycles. The SMILES string of the molecule is CC1(C)O[C@H]2[C@@H](O1)[C@H](n1ccc3c(Cl)ncnc31)O[C@@H]2[C@H](OC(=O)c1ccc([N+](=O)[O-])cc1)c1ccc(Cl)cc1. The number of hydrogen-bond donors (Lipinski definition) is 0. The number of esters is 1. The molecule has 13 heteroatoms. The molecule has 4 aromatic rings. The third-order valence-corrected chi connectivity index (χ3v) is 7.40. The zero-order valence-corrected chi connectivity index (χ0v) is 22.7. The van der Waals surface area contributed by atoms with Crippen LogP contribution in [-0.2, 0) is 18.9 Å². The number of carbonyl (C=O) groups is 1. The number of nitro benzene ring substituents is 1. The lowest BCUT2D eigenvalue weighted by atomic mass is 9.98. The van der Waals surface area contributed by atoms with E-state index < -0.39 is 47.3 Å². The molecule has 11 nitrogen and oxygen atoms in total. The highest BCUT2D eigenvalue weighted by atomic mass is 35.5. The van der Waals surface area contributed by atoms with Gasteiger partial charge >= 0.3 is 5.97 Å². The van der Waals surface area contributed by atoms with Gasteiger partial charge in [0.15, 0.2) is 18.1 Å². The summed E-state index contributed by atoms with van der Waals surface area (Å²) in [5, 5.41) is 12.5. The van der Waals surface area contributed by atoms with Gasteiger partial charge in [0, 0.05) is 23.4 Å². The van der Waals surface area contributed by atoms with Crippen LogP contribution in [-0.4, -0.2) is 49.5 Å². The minimum absolute atomic E-state index is 0.141. The number of ether oxygens (including phenoxy) is 4. The number of carbonyl (C=O) groups excluding carboxylic acids is 1. The van der Waals surface area contributed by atoms with Crippen molar-refractivity contribution in [1.82, 2.24) is 14.5 Å². The van der Waals surface area contributed by atoms with Gasteiger partial charge in [0.2, 0.25) is 0 Å². The first-order valence-electron chi connectivity index (χ1n) is 12.3. The second kappa shape index (κ2) is 10.1. The molecule has 2 aromatic heterocycles. The molecule has 2 aromatic carbocycles. The van der Waals surface area contributed by atoms with Crippen LogP contribution in [0.1, 0.15) is 42.1 Å². The summed E-state index contributed by atoms with van der Waals surface area (Å²) in [6, 6.07) is 13.8. The lowest BCUT2D eigenvalue weighted by Crippen LogP contribution is -2.36. The minimum atomic E-state index is -0.949. The Morgan fingerprint density at radius 3 is 2.45 bits per heavy atom. The summed E-state index contributed by atoms with van der Waals surface area (Å²) in [5.41, 5.74) is 1.16. The third kappa shape index (κ3) is 4.80. The Bertz CT molecular complexity index is 1590. The summed E-state index contributed by atoms with van der Waals surface area (Å²) in [5.74, 6) is -1.64. The number of benzene rings is 2. The van der Waals surface area contributed by atoms with Crippen molar-refractivity contribution in [2.45, 2.75) is 50.3 Å². The molecule has 2 aliphatic rings. The second-order valence-electron chi connectivity index (χ2n) is 9.86. The Morgan fingerprint density at radius 2 is 1.75 bits per heavy atom. The fourth-order valence-corrected chi connectivity index (χ4v) is 5.42. The number of halogens is 2. The van der Waals surface area contributed by atoms with Gasteiger partial charge in [0.25, 0.3) is 5.69 Å². The van der Waals surface area contributed by atoms with Crippen LogP contribution in [0.25, 0.3) is 11.0 Å². The summed E-state index contributed by atoms with van der Waals surface area (Å²) < 4.78 is 27.0. The molecule has 2 fully saturated rings. The van der Waals surface area contributed by atoms with E-state index in [0.29, 0.717) is 26.8 Å². The first kappa shape index (κ1) is 26.6. The van der Waals surface area contributed by atoms with E-state index in [-0.39, 0.29) is 11.3 Å². The summed E-state index contributed by atoms with van der Waals surface area (Å²) in [4.78, 5) is 32.2. The van der Waals surface area contributed by atoms with Crippen LogP contribution in [0.5, 0.6) is 0 Å². The van der Waals surface area contributed by atoms with Crippen LogP contribution < -0.4 is 0 Å². The predicted molar refractivity (Wildman–Crippen MR) is 143 cm³/mol. The zero-order chi connectivity index (χ0) is 28.2. The van der Waals surface area contributed by atoms with E-state index in [1.54, 1.807) is 54.9 Å². The molecular formula is C27H22Cl2N4O7. The molecule has 0 spiro atoms. The highest BCUT2D eigenvalue weighted by Gasteiger charge is 2.59. The normalized spacial score (nSPS) is 24.1. The molecule has 5 atom stereocenters. The van der Waals surface area contributed by atoms with Gasteiger partial charge in [0.05, 0.1) is 15.9 Å². The number of nitro groups is 1. The maximum Gasteiger partial charge on any atom is 0.338 e. The smallest absolute Gasteiger partial charge is 0.338 e. The molecule has 0 unspecified atom stereocenters. The molecule has 0 bridgehead atoms. The molecular weight excluding hydrogens is 563 g/mol. The summed E-state index contributed by atoms with van der Waals surface area (Å²) >= 11 is 12.4. The molecule has 0 saturated carbocycles. The lowest BCUT2D eigenvalue weighted by Gasteiger charge is -2.29. The van der Waals surface area contributed by atoms with Crippen LogP contribution in [0.2, 0.25) is 10.2 Å². The van der Waals surface area contributed by atoms with Crippen molar-refractivity contribution in [3.63, 3.8) is 0 Å². The second-order valence-corrected chi connectivity index (χ2v) is 10.7. The van der Waals surface area contributed by atoms with Crippen LogP contribution in [0, 0.1) is 10.1 Å². The summed E-state index contributed by atoms with van der Waals surface area (Å²) in [7, 11) is 0. The number of hydrogen-bond acceptors (Lipinski definition) is 9. The summed E-state index contributed by atoms with van der Waals surface area (Å²) in [6.45, 7) is 3.60. The van der Waals surface area contributed by atoms with Gasteiger partial charge in [0.1, 0.15) is 35.4 Å². The van der Waals surface area contributed by atoms with E-state index in [0.717, 1.165) is 0 Å². The number of fused-ring (bicyclic) bond motifs is 2. The maximum absolute atomic E-state index is 13.3. The number of non-ortho nitro benzene ring substituents is 1. The average molecular weight is 585 g/mol. The van der Waals surface area contributed by atoms with Gasteiger partial charge in [-0.1, -0.05) is 35.3 Å². The molecule has 2 aliphatic heterocycles. The fraction of sp³-hybridized carbons (Fsp3) is 0.296. The van der Waals surface area contributed by atoms with E-state index in [2.05, 4.69) is 9.97 Å². The first-order valence-corrected chi connectivity index (χ1v) is 13.1. The van der Waals surface area contributed by atoms with Gasteiger partial charge in [-0.25, -0.2) is 14.8 Å². The van der Waals surface area contributed by atoms with Crippen molar-refractivity contribution in [3.05, 3.63) is 98.5 Å². The Morgan fingerprint density at radius 1 is 1.05 bits per heavy atom. The van der Waals surface area contributed by atoms with Crippen LogP contribution in [0.15, 0.2) is 67.1 Å². The Labute approximate surface area is 237 Å². The Balaban J connectivity index is 1.38. The summed E-state index contributed by atoms with van der Waals surface area (Å²) in [6.07, 6.45) is -0.539. The average Bonchev–Trinajstić information content (AvgIpc) is 3.59. The van der Waals surface area contributed by atoms with Gasteiger partial charge < -0.3 is 23.5 Å². The highest BCUT2D eigenvalue weighted by molar-refractivity contribution is 6.33. The van der Waals surface area contributed by atoms with Gasteiger partial charge in [-0.05, 0) is 49.7 Å². The molecule has 4 heterocycles. The van der Waals surface area contributed by atoms with Crippen molar-refractivity contribution < 1.29 is 28.7 Å². The standard InChI is InChI=1S/C27H22Cl2N4O7/c1-27(2)39-21-20(37-25(22(21)40-27)32-12-11-18-23(29)30-13-31-24(18)32)19(14-3-7-16(28)8-4-14)38-26(34)15-5-9-17(10-6-15)33(35)36/h3-13,19-22,25H,1-2H3/t19-,20-,21-,22-,25-/m1/s1.